The number of methoxy groups -OCH3 is 2. The zero-order chi connectivity index (χ0) is 25.1. The zero-order valence-electron chi connectivity index (χ0n) is 19.2. The number of fused-ring (bicyclic) bond motifs is 1. The van der Waals surface area contributed by atoms with E-state index in [-0.39, 0.29) is 34.8 Å². The number of hydrogen-bond acceptors (Lipinski definition) is 9. The molecule has 2 atom stereocenters. The van der Waals surface area contributed by atoms with E-state index in [0.717, 1.165) is 18.2 Å². The molecule has 2 N–H and O–H groups in total. The minimum atomic E-state index is -2.04. The Balaban J connectivity index is 1.92. The average Bonchev–Trinajstić information content (AvgIpc) is 3.36. The summed E-state index contributed by atoms with van der Waals surface area (Å²) >= 11 is 0. The normalized spacial score (nSPS) is 23.9. The van der Waals surface area contributed by atoms with Crippen molar-refractivity contribution in [1.82, 2.24) is 4.90 Å². The zero-order valence-corrected chi connectivity index (χ0v) is 19.2. The molecule has 0 spiro atoms. The smallest absolute Gasteiger partial charge is 0.355 e. The quantitative estimate of drug-likeness (QED) is 0.666. The Kier molecular flexibility index (Phi) is 4.74. The van der Waals surface area contributed by atoms with Gasteiger partial charge in [0.15, 0.2) is 11.2 Å². The van der Waals surface area contributed by atoms with Gasteiger partial charge in [0.1, 0.15) is 17.3 Å². The van der Waals surface area contributed by atoms with E-state index in [1.54, 1.807) is 24.3 Å². The van der Waals surface area contributed by atoms with Gasteiger partial charge in [-0.05, 0) is 12.5 Å². The highest BCUT2D eigenvalue weighted by Gasteiger charge is 2.82. The molecule has 2 aliphatic heterocycles. The first-order valence-corrected chi connectivity index (χ1v) is 10.8. The fourth-order valence-electron chi connectivity index (χ4n) is 5.49. The lowest BCUT2D eigenvalue weighted by atomic mass is 9.68. The van der Waals surface area contributed by atoms with Crippen molar-refractivity contribution < 1.29 is 28.6 Å². The summed E-state index contributed by atoms with van der Waals surface area (Å²) < 4.78 is 16.3. The van der Waals surface area contributed by atoms with Crippen molar-refractivity contribution >= 4 is 17.7 Å². The lowest BCUT2D eigenvalue weighted by Crippen LogP contribution is -2.52. The first-order valence-electron chi connectivity index (χ1n) is 10.8. The number of carbonyl (C=O) groups is 3. The van der Waals surface area contributed by atoms with Crippen LogP contribution in [0.15, 0.2) is 71.3 Å². The molecule has 2 aromatic rings. The second-order valence-corrected chi connectivity index (χ2v) is 8.50. The number of carbonyl (C=O) groups excluding carboxylic acids is 3. The van der Waals surface area contributed by atoms with Crippen LogP contribution in [-0.4, -0.2) is 36.8 Å². The third kappa shape index (κ3) is 2.48. The van der Waals surface area contributed by atoms with Crippen molar-refractivity contribution in [3.05, 3.63) is 93.5 Å². The van der Waals surface area contributed by atoms with Gasteiger partial charge in [-0.25, -0.2) is 9.59 Å². The Morgan fingerprint density at radius 2 is 1.74 bits per heavy atom. The van der Waals surface area contributed by atoms with Gasteiger partial charge in [-0.2, -0.15) is 5.26 Å². The monoisotopic (exact) mass is 471 g/mol. The molecule has 176 valence electrons. The second-order valence-electron chi connectivity index (χ2n) is 8.50. The standard InChI is InChI=1S/C26H21N3O6/c1-14-8-10-15(11-9-14)13-29-20(24(32)34-3)19(23(31)33-2)25-18(12-27)22(28)35-26(25,29)17-7-5-4-6-16(17)21(25)30/h4-11H,13,28H2,1-3H3/t25-,26-/m1/s1. The van der Waals surface area contributed by atoms with E-state index in [4.69, 9.17) is 19.9 Å². The number of nitriles is 1. The first-order chi connectivity index (χ1) is 16.8. The van der Waals surface area contributed by atoms with E-state index in [0.29, 0.717) is 5.56 Å². The lowest BCUT2D eigenvalue weighted by molar-refractivity contribution is -0.150. The number of ketones is 1. The van der Waals surface area contributed by atoms with Gasteiger partial charge >= 0.3 is 11.9 Å². The maximum absolute atomic E-state index is 14.2. The summed E-state index contributed by atoms with van der Waals surface area (Å²) in [6.07, 6.45) is 0. The van der Waals surface area contributed by atoms with E-state index in [2.05, 4.69) is 0 Å². The number of aryl methyl sites for hydroxylation is 1. The minimum Gasteiger partial charge on any atom is -0.466 e. The third-order valence-corrected chi connectivity index (χ3v) is 6.87. The van der Waals surface area contributed by atoms with Crippen molar-refractivity contribution in [2.75, 3.05) is 14.2 Å². The number of hydrogen-bond donors (Lipinski definition) is 1. The second kappa shape index (κ2) is 7.46. The number of benzene rings is 2. The van der Waals surface area contributed by atoms with E-state index in [1.807, 2.05) is 37.3 Å². The van der Waals surface area contributed by atoms with Gasteiger partial charge in [-0.3, -0.25) is 4.79 Å². The molecule has 0 aromatic heterocycles. The first kappa shape index (κ1) is 22.2. The van der Waals surface area contributed by atoms with Gasteiger partial charge in [0, 0.05) is 17.7 Å². The van der Waals surface area contributed by atoms with E-state index in [1.165, 1.54) is 12.0 Å². The predicted molar refractivity (Wildman–Crippen MR) is 121 cm³/mol. The van der Waals surface area contributed by atoms with Crippen LogP contribution < -0.4 is 5.73 Å². The maximum Gasteiger partial charge on any atom is 0.355 e. The van der Waals surface area contributed by atoms with Gasteiger partial charge in [0.25, 0.3) is 0 Å². The number of rotatable bonds is 4. The maximum atomic E-state index is 14.2. The van der Waals surface area contributed by atoms with Gasteiger partial charge in [0.05, 0.1) is 19.8 Å². The Labute approximate surface area is 201 Å². The summed E-state index contributed by atoms with van der Waals surface area (Å²) in [5.41, 5.74) is 3.94. The number of nitrogens with two attached hydrogens (primary N) is 1. The summed E-state index contributed by atoms with van der Waals surface area (Å²) in [6.45, 7) is 1.98. The van der Waals surface area contributed by atoms with Crippen molar-refractivity contribution in [3.63, 3.8) is 0 Å². The molecule has 9 heteroatoms. The van der Waals surface area contributed by atoms with E-state index >= 15 is 0 Å². The van der Waals surface area contributed by atoms with Gasteiger partial charge in [-0.15, -0.1) is 0 Å². The van der Waals surface area contributed by atoms with Crippen LogP contribution in [0.25, 0.3) is 0 Å². The summed E-state index contributed by atoms with van der Waals surface area (Å²) in [5, 5.41) is 10.2. The highest BCUT2D eigenvalue weighted by atomic mass is 16.6. The van der Waals surface area contributed by atoms with Crippen LogP contribution in [-0.2, 0) is 36.1 Å². The van der Waals surface area contributed by atoms with Crippen molar-refractivity contribution in [1.29, 1.82) is 5.26 Å². The number of ether oxygens (including phenoxy) is 3. The molecular weight excluding hydrogens is 450 g/mol. The number of esters is 2. The van der Waals surface area contributed by atoms with Crippen molar-refractivity contribution in [3.8, 4) is 6.07 Å². The number of Topliss-reactive ketones (excluding diaryl/α,β-unsaturated/α-hetero) is 1. The highest BCUT2D eigenvalue weighted by Crippen LogP contribution is 2.70. The molecule has 3 aliphatic rings. The summed E-state index contributed by atoms with van der Waals surface area (Å²) in [4.78, 5) is 42.2. The van der Waals surface area contributed by atoms with E-state index in [9.17, 15) is 19.6 Å². The molecule has 9 nitrogen and oxygen atoms in total. The molecule has 0 fully saturated rings. The van der Waals surface area contributed by atoms with Crippen LogP contribution in [0.3, 0.4) is 0 Å². The SMILES string of the molecule is COC(=O)C1=C(C(=O)OC)[C@]23C(=O)c4ccccc4[C@]2(OC(N)=C3C#N)N1Cc1ccc(C)cc1. The Morgan fingerprint density at radius 1 is 1.09 bits per heavy atom. The fourth-order valence-corrected chi connectivity index (χ4v) is 5.49. The van der Waals surface area contributed by atoms with Crippen LogP contribution in [0.2, 0.25) is 0 Å². The Bertz CT molecular complexity index is 1420. The molecule has 0 amide bonds. The molecule has 2 aromatic carbocycles. The Morgan fingerprint density at radius 3 is 2.37 bits per heavy atom. The molecule has 0 unspecified atom stereocenters. The largest absolute Gasteiger partial charge is 0.466 e. The van der Waals surface area contributed by atoms with Crippen LogP contribution >= 0.6 is 0 Å². The molecule has 0 saturated heterocycles. The van der Waals surface area contributed by atoms with Crippen molar-refractivity contribution in [2.24, 2.45) is 11.1 Å². The summed E-state index contributed by atoms with van der Waals surface area (Å²) in [6, 6.07) is 16.1. The van der Waals surface area contributed by atoms with Crippen LogP contribution in [0.5, 0.6) is 0 Å². The number of nitrogens with zero attached hydrogens (tertiary/aromatic N) is 2. The van der Waals surface area contributed by atoms with Gasteiger partial charge < -0.3 is 24.8 Å². The van der Waals surface area contributed by atoms with Crippen LogP contribution in [0.1, 0.15) is 27.0 Å². The van der Waals surface area contributed by atoms with Crippen LogP contribution in [0, 0.1) is 23.7 Å². The molecule has 0 bridgehead atoms. The molecule has 2 heterocycles. The van der Waals surface area contributed by atoms with Gasteiger partial charge in [0.2, 0.25) is 11.6 Å². The third-order valence-electron chi connectivity index (χ3n) is 6.87. The summed E-state index contributed by atoms with van der Waals surface area (Å²) in [7, 11) is 2.30. The van der Waals surface area contributed by atoms with Crippen LogP contribution in [0.4, 0.5) is 0 Å². The van der Waals surface area contributed by atoms with Gasteiger partial charge in [-0.1, -0.05) is 54.1 Å². The molecule has 1 aliphatic carbocycles. The Hall–Kier alpha value is -4.58. The molecule has 35 heavy (non-hydrogen) atoms. The molecule has 0 radical (unpaired) electrons. The minimum absolute atomic E-state index is 0.0422. The molecule has 5 rings (SSSR count). The summed E-state index contributed by atoms with van der Waals surface area (Å²) in [5.74, 6) is -2.72. The van der Waals surface area contributed by atoms with E-state index < -0.39 is 28.9 Å². The topological polar surface area (TPSA) is 132 Å². The predicted octanol–water partition coefficient (Wildman–Crippen LogP) is 2.17. The highest BCUT2D eigenvalue weighted by molar-refractivity contribution is 6.19. The average molecular weight is 471 g/mol. The molecular formula is C26H21N3O6. The fraction of sp³-hybridized carbons (Fsp3) is 0.231. The lowest BCUT2D eigenvalue weighted by Gasteiger charge is -2.41. The van der Waals surface area contributed by atoms with Crippen molar-refractivity contribution in [2.45, 2.75) is 19.2 Å². The molecule has 0 saturated carbocycles.